The lowest BCUT2D eigenvalue weighted by molar-refractivity contribution is -0.113. The van der Waals surface area contributed by atoms with Crippen molar-refractivity contribution in [3.8, 4) is 17.2 Å². The van der Waals surface area contributed by atoms with Gasteiger partial charge >= 0.3 is 0 Å². The smallest absolute Gasteiger partial charge is 0.234 e. The van der Waals surface area contributed by atoms with Gasteiger partial charge in [-0.1, -0.05) is 54.2 Å². The summed E-state index contributed by atoms with van der Waals surface area (Å²) >= 11 is 1.33. The molecule has 0 saturated carbocycles. The van der Waals surface area contributed by atoms with Crippen molar-refractivity contribution >= 4 is 23.4 Å². The highest BCUT2D eigenvalue weighted by molar-refractivity contribution is 7.99. The van der Waals surface area contributed by atoms with Crippen molar-refractivity contribution in [2.24, 2.45) is 0 Å². The maximum atomic E-state index is 12.6. The summed E-state index contributed by atoms with van der Waals surface area (Å²) in [6.07, 6.45) is 0.619. The predicted molar refractivity (Wildman–Crippen MR) is 130 cm³/mol. The molecule has 1 heterocycles. The molecule has 33 heavy (non-hydrogen) atoms. The summed E-state index contributed by atoms with van der Waals surface area (Å²) in [4.78, 5) is 12.6. The van der Waals surface area contributed by atoms with Crippen LogP contribution in [0.4, 0.5) is 5.69 Å². The molecule has 0 unspecified atom stereocenters. The molecule has 3 aromatic carbocycles. The maximum absolute atomic E-state index is 12.6. The molecular weight excluding hydrogens is 436 g/mol. The fraction of sp³-hybridized carbons (Fsp3) is 0.160. The Kier molecular flexibility index (Phi) is 7.26. The van der Waals surface area contributed by atoms with E-state index in [1.807, 2.05) is 59.2 Å². The first-order valence-electron chi connectivity index (χ1n) is 10.4. The summed E-state index contributed by atoms with van der Waals surface area (Å²) in [5.74, 6) is 2.19. The van der Waals surface area contributed by atoms with E-state index in [4.69, 9.17) is 9.47 Å². The van der Waals surface area contributed by atoms with Gasteiger partial charge < -0.3 is 14.8 Å². The Morgan fingerprint density at radius 3 is 2.36 bits per heavy atom. The quantitative estimate of drug-likeness (QED) is 0.368. The van der Waals surface area contributed by atoms with E-state index in [0.29, 0.717) is 23.0 Å². The van der Waals surface area contributed by atoms with Crippen molar-refractivity contribution in [2.75, 3.05) is 25.3 Å². The fourth-order valence-electron chi connectivity index (χ4n) is 3.34. The van der Waals surface area contributed by atoms with Gasteiger partial charge in [0, 0.05) is 12.1 Å². The Morgan fingerprint density at radius 1 is 0.909 bits per heavy atom. The Balaban J connectivity index is 1.56. The molecule has 4 rings (SSSR count). The number of para-hydroxylation sites is 2. The average molecular weight is 461 g/mol. The number of benzene rings is 3. The van der Waals surface area contributed by atoms with Gasteiger partial charge in [0.1, 0.15) is 17.3 Å². The second-order valence-electron chi connectivity index (χ2n) is 7.13. The SMILES string of the molecule is COc1ccc(-n2c(Cc3ccccc3)nnc2SCC(=O)Nc2ccccc2OC)cc1. The van der Waals surface area contributed by atoms with Crippen LogP contribution in [0.25, 0.3) is 5.69 Å². The van der Waals surface area contributed by atoms with E-state index in [0.717, 1.165) is 22.8 Å². The Hall–Kier alpha value is -3.78. The van der Waals surface area contributed by atoms with Crippen LogP contribution in [0.15, 0.2) is 84.0 Å². The second-order valence-corrected chi connectivity index (χ2v) is 8.07. The van der Waals surface area contributed by atoms with E-state index >= 15 is 0 Å². The molecule has 0 atom stereocenters. The number of amides is 1. The van der Waals surface area contributed by atoms with Crippen molar-refractivity contribution in [1.29, 1.82) is 0 Å². The Bertz CT molecular complexity index is 1210. The summed E-state index contributed by atoms with van der Waals surface area (Å²) in [6.45, 7) is 0. The zero-order valence-corrected chi connectivity index (χ0v) is 19.2. The number of aromatic nitrogens is 3. The number of hydrogen-bond donors (Lipinski definition) is 1. The van der Waals surface area contributed by atoms with E-state index in [1.165, 1.54) is 11.8 Å². The minimum Gasteiger partial charge on any atom is -0.497 e. The lowest BCUT2D eigenvalue weighted by Crippen LogP contribution is -2.15. The van der Waals surface area contributed by atoms with Gasteiger partial charge in [-0.15, -0.1) is 10.2 Å². The minimum atomic E-state index is -0.154. The highest BCUT2D eigenvalue weighted by atomic mass is 32.2. The Morgan fingerprint density at radius 2 is 1.64 bits per heavy atom. The van der Waals surface area contributed by atoms with Crippen molar-refractivity contribution in [3.05, 3.63) is 90.3 Å². The predicted octanol–water partition coefficient (Wildman–Crippen LogP) is 4.61. The molecule has 1 amide bonds. The van der Waals surface area contributed by atoms with Gasteiger partial charge in [-0.05, 0) is 42.0 Å². The third-order valence-electron chi connectivity index (χ3n) is 4.95. The number of carbonyl (C=O) groups excluding carboxylic acids is 1. The molecule has 0 aliphatic carbocycles. The maximum Gasteiger partial charge on any atom is 0.234 e. The molecule has 168 valence electrons. The number of nitrogens with zero attached hydrogens (tertiary/aromatic N) is 3. The molecule has 1 N–H and O–H groups in total. The zero-order chi connectivity index (χ0) is 23.0. The Labute approximate surface area is 196 Å². The molecule has 0 spiro atoms. The van der Waals surface area contributed by atoms with Crippen LogP contribution in [0.5, 0.6) is 11.5 Å². The number of ether oxygens (including phenoxy) is 2. The van der Waals surface area contributed by atoms with Crippen LogP contribution in [0, 0.1) is 0 Å². The third-order valence-corrected chi connectivity index (χ3v) is 5.88. The summed E-state index contributed by atoms with van der Waals surface area (Å²) < 4.78 is 12.6. The first-order chi connectivity index (χ1) is 16.2. The molecule has 8 heteroatoms. The van der Waals surface area contributed by atoms with Crippen LogP contribution in [0.3, 0.4) is 0 Å². The van der Waals surface area contributed by atoms with Crippen molar-refractivity contribution in [1.82, 2.24) is 14.8 Å². The number of rotatable bonds is 9. The van der Waals surface area contributed by atoms with Crippen molar-refractivity contribution < 1.29 is 14.3 Å². The van der Waals surface area contributed by atoms with Gasteiger partial charge in [-0.25, -0.2) is 0 Å². The molecule has 1 aromatic heterocycles. The zero-order valence-electron chi connectivity index (χ0n) is 18.4. The second kappa shape index (κ2) is 10.7. The van der Waals surface area contributed by atoms with E-state index in [1.54, 1.807) is 26.4 Å². The molecule has 4 aromatic rings. The van der Waals surface area contributed by atoms with Crippen LogP contribution in [0.1, 0.15) is 11.4 Å². The molecular formula is C25H24N4O3S. The molecule has 0 saturated heterocycles. The minimum absolute atomic E-state index is 0.154. The number of nitrogens with one attached hydrogen (secondary N) is 1. The van der Waals surface area contributed by atoms with Crippen LogP contribution < -0.4 is 14.8 Å². The first kappa shape index (κ1) is 22.4. The molecule has 0 aliphatic rings. The summed E-state index contributed by atoms with van der Waals surface area (Å²) in [6, 6.07) is 25.1. The van der Waals surface area contributed by atoms with Gasteiger partial charge in [-0.3, -0.25) is 9.36 Å². The average Bonchev–Trinajstić information content (AvgIpc) is 3.26. The van der Waals surface area contributed by atoms with Crippen LogP contribution in [-0.2, 0) is 11.2 Å². The van der Waals surface area contributed by atoms with Crippen LogP contribution in [-0.4, -0.2) is 40.6 Å². The summed E-state index contributed by atoms with van der Waals surface area (Å²) in [7, 11) is 3.21. The van der Waals surface area contributed by atoms with Gasteiger partial charge in [0.05, 0.1) is 25.7 Å². The molecule has 0 fully saturated rings. The van der Waals surface area contributed by atoms with Crippen molar-refractivity contribution in [3.63, 3.8) is 0 Å². The van der Waals surface area contributed by atoms with Gasteiger partial charge in [0.15, 0.2) is 5.16 Å². The lowest BCUT2D eigenvalue weighted by Gasteiger charge is -2.12. The number of methoxy groups -OCH3 is 2. The molecule has 0 radical (unpaired) electrons. The standard InChI is InChI=1S/C25H24N4O3S/c1-31-20-14-12-19(13-15-20)29-23(16-18-8-4-3-5-9-18)27-28-25(29)33-17-24(30)26-21-10-6-7-11-22(21)32-2/h3-15H,16-17H2,1-2H3,(H,26,30). The molecule has 0 aliphatic heterocycles. The summed E-state index contributed by atoms with van der Waals surface area (Å²) in [5, 5.41) is 12.3. The molecule has 7 nitrogen and oxygen atoms in total. The number of carbonyl (C=O) groups is 1. The van der Waals surface area contributed by atoms with E-state index in [2.05, 4.69) is 27.6 Å². The van der Waals surface area contributed by atoms with E-state index < -0.39 is 0 Å². The number of thioether (sulfide) groups is 1. The van der Waals surface area contributed by atoms with E-state index in [9.17, 15) is 4.79 Å². The van der Waals surface area contributed by atoms with Gasteiger partial charge in [0.2, 0.25) is 5.91 Å². The summed E-state index contributed by atoms with van der Waals surface area (Å²) in [5.41, 5.74) is 2.66. The largest absolute Gasteiger partial charge is 0.497 e. The van der Waals surface area contributed by atoms with E-state index in [-0.39, 0.29) is 11.7 Å². The number of anilines is 1. The highest BCUT2D eigenvalue weighted by Gasteiger charge is 2.17. The lowest BCUT2D eigenvalue weighted by atomic mass is 10.1. The number of hydrogen-bond acceptors (Lipinski definition) is 6. The molecule has 0 bridgehead atoms. The topological polar surface area (TPSA) is 78.3 Å². The van der Waals surface area contributed by atoms with Gasteiger partial charge in [0.25, 0.3) is 0 Å². The monoisotopic (exact) mass is 460 g/mol. The van der Waals surface area contributed by atoms with Crippen molar-refractivity contribution in [2.45, 2.75) is 11.6 Å². The van der Waals surface area contributed by atoms with Crippen LogP contribution in [0.2, 0.25) is 0 Å². The van der Waals surface area contributed by atoms with Crippen LogP contribution >= 0.6 is 11.8 Å². The normalized spacial score (nSPS) is 10.6. The van der Waals surface area contributed by atoms with Gasteiger partial charge in [-0.2, -0.15) is 0 Å². The first-order valence-corrected chi connectivity index (χ1v) is 11.3. The highest BCUT2D eigenvalue weighted by Crippen LogP contribution is 2.27. The third kappa shape index (κ3) is 5.53. The fourth-order valence-corrected chi connectivity index (χ4v) is 4.11.